The lowest BCUT2D eigenvalue weighted by molar-refractivity contribution is -0.154. The van der Waals surface area contributed by atoms with Gasteiger partial charge in [0, 0.05) is 19.3 Å². The van der Waals surface area contributed by atoms with Gasteiger partial charge in [-0.2, -0.15) is 13.2 Å². The van der Waals surface area contributed by atoms with E-state index >= 15 is 0 Å². The highest BCUT2D eigenvalue weighted by Gasteiger charge is 2.42. The van der Waals surface area contributed by atoms with Gasteiger partial charge in [-0.05, 0) is 54.2 Å². The number of carboxylic acid groups (broad SMARTS) is 3. The van der Waals surface area contributed by atoms with E-state index in [1.165, 1.54) is 20.8 Å². The van der Waals surface area contributed by atoms with Crippen LogP contribution in [0.5, 0.6) is 0 Å². The molecule has 0 saturated carbocycles. The number of aryl methyl sites for hydroxylation is 1. The molecule has 10 N–H and O–H groups in total. The predicted molar refractivity (Wildman–Crippen MR) is 255 cm³/mol. The molecule has 24 heteroatoms. The molecule has 0 spiro atoms. The summed E-state index contributed by atoms with van der Waals surface area (Å²) in [5, 5.41) is 44.0. The van der Waals surface area contributed by atoms with Crippen LogP contribution < -0.4 is 37.2 Å². The number of halogens is 3. The van der Waals surface area contributed by atoms with Crippen LogP contribution in [0.25, 0.3) is 0 Å². The zero-order chi connectivity index (χ0) is 55.4. The Balaban J connectivity index is 2.51. The van der Waals surface area contributed by atoms with E-state index in [-0.39, 0.29) is 19.3 Å². The number of aliphatic carboxylic acids is 3. The molecule has 0 aliphatic carbocycles. The smallest absolute Gasteiger partial charge is 0.391 e. The topological polar surface area (TPSA) is 333 Å². The molecule has 0 unspecified atom stereocenters. The van der Waals surface area contributed by atoms with Crippen LogP contribution in [0.4, 0.5) is 13.2 Å². The Bertz CT molecular complexity index is 2310. The quantitative estimate of drug-likeness (QED) is 0.0524. The van der Waals surface area contributed by atoms with Gasteiger partial charge < -0.3 is 52.5 Å². The number of carbonyl (C=O) groups is 11. The Kier molecular flexibility index (Phi) is 24.2. The lowest BCUT2D eigenvalue weighted by atomic mass is 9.85. The third-order valence-corrected chi connectivity index (χ3v) is 11.2. The standard InChI is InChI=1S/C49H66F3N7O14/c1-8-30(28-15-10-9-11-16-28)54-46(72)40(67)35(25-49(50,51)52)58-43(69)32(22-26(2)3)57-47(73)41(48(5,6)7)59-45(71)33(23-29-17-13-12-14-27(29)4)56-42(68)31(18-20-37(61)62)55-44(70)34(24-39(65)66)53-36(60)19-21-38(63)64/h9-17,26,30-35,41H,8,18-25H2,1-7H3,(H,53,60)(H,54,72)(H,55,70)(H,56,68)(H,57,73)(H,58,69)(H,59,71)(H,61,62)(H,63,64)(H,65,66)/t30-,31-,32-,33-,34-,35+,41+/m0/s1. The lowest BCUT2D eigenvalue weighted by Gasteiger charge is -2.34. The van der Waals surface area contributed by atoms with Crippen molar-refractivity contribution in [2.75, 3.05) is 0 Å². The molecular weight excluding hydrogens is 968 g/mol. The van der Waals surface area contributed by atoms with Crippen molar-refractivity contribution in [1.82, 2.24) is 37.2 Å². The van der Waals surface area contributed by atoms with Gasteiger partial charge in [-0.25, -0.2) is 0 Å². The number of carboxylic acids is 3. The minimum absolute atomic E-state index is 0.206. The minimum Gasteiger partial charge on any atom is -0.481 e. The first-order chi connectivity index (χ1) is 33.9. The number of hydrogen-bond donors (Lipinski definition) is 10. The summed E-state index contributed by atoms with van der Waals surface area (Å²) in [4.78, 5) is 143. The number of ketones is 1. The zero-order valence-corrected chi connectivity index (χ0v) is 41.6. The Hall–Kier alpha value is -7.40. The van der Waals surface area contributed by atoms with Crippen LogP contribution in [0, 0.1) is 18.3 Å². The van der Waals surface area contributed by atoms with E-state index < -0.39 is 163 Å². The van der Waals surface area contributed by atoms with Crippen molar-refractivity contribution >= 4 is 65.0 Å². The van der Waals surface area contributed by atoms with Gasteiger partial charge in [0.05, 0.1) is 25.3 Å². The Morgan fingerprint density at radius 2 is 1.10 bits per heavy atom. The van der Waals surface area contributed by atoms with Crippen LogP contribution in [0.3, 0.4) is 0 Å². The molecule has 0 heterocycles. The molecule has 7 atom stereocenters. The van der Waals surface area contributed by atoms with Gasteiger partial charge in [0.15, 0.2) is 0 Å². The molecule has 0 aromatic heterocycles. The Morgan fingerprint density at radius 1 is 0.575 bits per heavy atom. The monoisotopic (exact) mass is 1030 g/mol. The average Bonchev–Trinajstić information content (AvgIpc) is 3.28. The number of alkyl halides is 3. The summed E-state index contributed by atoms with van der Waals surface area (Å²) in [6.07, 6.45) is -10.9. The highest BCUT2D eigenvalue weighted by molar-refractivity contribution is 6.38. The van der Waals surface area contributed by atoms with Crippen LogP contribution >= 0.6 is 0 Å². The maximum atomic E-state index is 14.4. The molecular formula is C49H66F3N7O14. The van der Waals surface area contributed by atoms with Crippen molar-refractivity contribution in [1.29, 1.82) is 0 Å². The lowest BCUT2D eigenvalue weighted by Crippen LogP contribution is -2.62. The number of benzene rings is 2. The minimum atomic E-state index is -5.05. The summed E-state index contributed by atoms with van der Waals surface area (Å²) < 4.78 is 41.8. The van der Waals surface area contributed by atoms with Crippen LogP contribution in [-0.4, -0.2) is 123 Å². The summed E-state index contributed by atoms with van der Waals surface area (Å²) in [7, 11) is 0. The fraction of sp³-hybridized carbons (Fsp3) is 0.531. The summed E-state index contributed by atoms with van der Waals surface area (Å²) in [6, 6.07) is 3.27. The maximum Gasteiger partial charge on any atom is 0.391 e. The second-order valence-corrected chi connectivity index (χ2v) is 18.9. The number of carbonyl (C=O) groups excluding carboxylic acids is 8. The summed E-state index contributed by atoms with van der Waals surface area (Å²) in [5.74, 6) is -14.6. The molecule has 0 radical (unpaired) electrons. The third kappa shape index (κ3) is 22.3. The molecule has 0 fully saturated rings. The van der Waals surface area contributed by atoms with E-state index in [0.29, 0.717) is 16.7 Å². The number of amides is 7. The van der Waals surface area contributed by atoms with Crippen LogP contribution in [0.15, 0.2) is 54.6 Å². The van der Waals surface area contributed by atoms with Crippen LogP contribution in [0.1, 0.15) is 116 Å². The van der Waals surface area contributed by atoms with Crippen LogP contribution in [0.2, 0.25) is 0 Å². The molecule has 2 rings (SSSR count). The van der Waals surface area contributed by atoms with E-state index in [4.69, 9.17) is 5.11 Å². The molecule has 402 valence electrons. The van der Waals surface area contributed by atoms with Gasteiger partial charge in [0.1, 0.15) is 36.3 Å². The van der Waals surface area contributed by atoms with Gasteiger partial charge >= 0.3 is 24.1 Å². The van der Waals surface area contributed by atoms with Gasteiger partial charge in [-0.1, -0.05) is 96.1 Å². The van der Waals surface area contributed by atoms with E-state index in [1.54, 1.807) is 82.3 Å². The highest BCUT2D eigenvalue weighted by atomic mass is 19.4. The predicted octanol–water partition coefficient (Wildman–Crippen LogP) is 2.53. The number of Topliss-reactive ketones (excluding diaryl/α,β-unsaturated/α-hetero) is 1. The number of nitrogens with one attached hydrogen (secondary N) is 7. The summed E-state index contributed by atoms with van der Waals surface area (Å²) in [5.41, 5.74) is 0.477. The molecule has 2 aromatic carbocycles. The first-order valence-electron chi connectivity index (χ1n) is 23.4. The second-order valence-electron chi connectivity index (χ2n) is 18.9. The second kappa shape index (κ2) is 28.6. The molecule has 0 bridgehead atoms. The van der Waals surface area contributed by atoms with Gasteiger partial charge in [0.2, 0.25) is 41.2 Å². The zero-order valence-electron chi connectivity index (χ0n) is 41.6. The van der Waals surface area contributed by atoms with Gasteiger partial charge in [0.25, 0.3) is 5.91 Å². The number of hydrogen-bond acceptors (Lipinski definition) is 11. The number of rotatable bonds is 29. The van der Waals surface area contributed by atoms with Gasteiger partial charge in [-0.15, -0.1) is 0 Å². The Labute approximate surface area is 419 Å². The van der Waals surface area contributed by atoms with Crippen molar-refractivity contribution in [3.05, 3.63) is 71.3 Å². The first kappa shape index (κ1) is 61.7. The van der Waals surface area contributed by atoms with Crippen molar-refractivity contribution in [2.45, 2.75) is 155 Å². The van der Waals surface area contributed by atoms with E-state index in [0.717, 1.165) is 0 Å². The van der Waals surface area contributed by atoms with Crippen molar-refractivity contribution in [2.24, 2.45) is 11.3 Å². The fourth-order valence-corrected chi connectivity index (χ4v) is 7.30. The molecule has 73 heavy (non-hydrogen) atoms. The third-order valence-electron chi connectivity index (χ3n) is 11.2. The SMILES string of the molecule is CC[C@H](NC(=O)C(=O)[C@@H](CC(F)(F)F)NC(=O)[C@H](CC(C)C)NC(=O)[C@@H](NC(=O)[C@H](Cc1ccccc1C)NC(=O)[C@H](CCC(=O)O)NC(=O)[C@H](CC(=O)O)NC(=O)CCC(=O)O)C(C)(C)C)c1ccccc1. The van der Waals surface area contributed by atoms with Crippen molar-refractivity contribution < 1.29 is 81.2 Å². The van der Waals surface area contributed by atoms with Crippen molar-refractivity contribution in [3.63, 3.8) is 0 Å². The molecule has 2 aromatic rings. The maximum absolute atomic E-state index is 14.4. The van der Waals surface area contributed by atoms with E-state index in [9.17, 15) is 76.1 Å². The molecule has 0 aliphatic rings. The first-order valence-corrected chi connectivity index (χ1v) is 23.4. The summed E-state index contributed by atoms with van der Waals surface area (Å²) in [6.45, 7) is 11.2. The van der Waals surface area contributed by atoms with E-state index in [2.05, 4.69) is 31.9 Å². The Morgan fingerprint density at radius 3 is 1.63 bits per heavy atom. The molecule has 0 saturated heterocycles. The van der Waals surface area contributed by atoms with E-state index in [1.807, 2.05) is 5.32 Å². The largest absolute Gasteiger partial charge is 0.481 e. The van der Waals surface area contributed by atoms with Crippen LogP contribution in [-0.2, 0) is 59.2 Å². The summed E-state index contributed by atoms with van der Waals surface area (Å²) >= 11 is 0. The normalized spacial score (nSPS) is 14.3. The molecule has 7 amide bonds. The molecule has 21 nitrogen and oxygen atoms in total. The molecule has 0 aliphatic heterocycles. The highest BCUT2D eigenvalue weighted by Crippen LogP contribution is 2.24. The van der Waals surface area contributed by atoms with Crippen molar-refractivity contribution in [3.8, 4) is 0 Å². The average molecular weight is 1030 g/mol. The van der Waals surface area contributed by atoms with Gasteiger partial charge in [-0.3, -0.25) is 52.7 Å². The fourth-order valence-electron chi connectivity index (χ4n) is 7.30.